The van der Waals surface area contributed by atoms with Gasteiger partial charge in [-0.2, -0.15) is 0 Å². The minimum Gasteiger partial charge on any atom is -0.498 e. The van der Waals surface area contributed by atoms with E-state index in [0.29, 0.717) is 11.3 Å². The van der Waals surface area contributed by atoms with E-state index in [1.165, 1.54) is 0 Å². The van der Waals surface area contributed by atoms with E-state index in [0.717, 1.165) is 0 Å². The van der Waals surface area contributed by atoms with E-state index in [1.807, 2.05) is 0 Å². The van der Waals surface area contributed by atoms with Gasteiger partial charge in [0.05, 0.1) is 12.6 Å². The highest BCUT2D eigenvalue weighted by molar-refractivity contribution is 7.13. The first-order valence-corrected chi connectivity index (χ1v) is 2.40. The Labute approximate surface area is 51.1 Å². The lowest BCUT2D eigenvalue weighted by Crippen LogP contribution is -1.56. The Bertz CT molecular complexity index is 248. The van der Waals surface area contributed by atoms with Crippen LogP contribution < -0.4 is 0 Å². The molecule has 1 N–H and O–H groups in total. The van der Waals surface area contributed by atoms with Crippen molar-refractivity contribution in [1.82, 2.24) is 4.98 Å². The first-order chi connectivity index (χ1) is 4.91. The van der Waals surface area contributed by atoms with Crippen LogP contribution in [0.4, 0.5) is 0 Å². The van der Waals surface area contributed by atoms with Crippen LogP contribution in [-0.4, -0.2) is 10.1 Å². The van der Waals surface area contributed by atoms with E-state index < -0.39 is 6.85 Å². The Morgan fingerprint density at radius 3 is 3.43 bits per heavy atom. The van der Waals surface area contributed by atoms with Crippen molar-refractivity contribution in [1.29, 1.82) is 0 Å². The predicted molar refractivity (Wildman–Crippen MR) is 28.5 cm³/mol. The Hall–Kier alpha value is -0.570. The topological polar surface area (TPSA) is 33.1 Å². The molecule has 3 heteroatoms. The van der Waals surface area contributed by atoms with Crippen LogP contribution in [0, 0.1) is 6.85 Å². The number of rotatable bonds is 0. The molecule has 0 fully saturated rings. The molecule has 0 bridgehead atoms. The molecule has 0 saturated heterocycles. The quantitative estimate of drug-likeness (QED) is 0.556. The van der Waals surface area contributed by atoms with Crippen LogP contribution in [0.2, 0.25) is 0 Å². The second kappa shape index (κ2) is 1.50. The standard InChI is InChI=1S/C4H5NOS/c1-3-5-2-4(6)7-3/h2,6H,1H3/i1D3,2D. The van der Waals surface area contributed by atoms with Crippen LogP contribution in [0.3, 0.4) is 0 Å². The van der Waals surface area contributed by atoms with Gasteiger partial charge in [-0.3, -0.25) is 0 Å². The molecule has 1 aromatic heterocycles. The first-order valence-electron chi connectivity index (χ1n) is 3.58. The Kier molecular flexibility index (Phi) is 0.373. The van der Waals surface area contributed by atoms with Gasteiger partial charge in [0.2, 0.25) is 0 Å². The molecule has 0 radical (unpaired) electrons. The van der Waals surface area contributed by atoms with Gasteiger partial charge in [0.15, 0.2) is 5.06 Å². The lowest BCUT2D eigenvalue weighted by Gasteiger charge is -1.69. The van der Waals surface area contributed by atoms with E-state index in [9.17, 15) is 0 Å². The van der Waals surface area contributed by atoms with Gasteiger partial charge >= 0.3 is 0 Å². The lowest BCUT2D eigenvalue weighted by atomic mass is 10.8. The molecule has 0 aliphatic carbocycles. The molecule has 38 valence electrons. The molecule has 0 unspecified atom stereocenters. The summed E-state index contributed by atoms with van der Waals surface area (Å²) in [5.41, 5.74) is 0. The fourth-order valence-corrected chi connectivity index (χ4v) is 0.602. The van der Waals surface area contributed by atoms with E-state index >= 15 is 0 Å². The number of aryl methyl sites for hydroxylation is 1. The molecule has 0 amide bonds. The largest absolute Gasteiger partial charge is 0.498 e. The Morgan fingerprint density at radius 2 is 3.14 bits per heavy atom. The highest BCUT2D eigenvalue weighted by atomic mass is 32.1. The van der Waals surface area contributed by atoms with Gasteiger partial charge in [0.25, 0.3) is 0 Å². The van der Waals surface area contributed by atoms with Gasteiger partial charge in [0, 0.05) is 4.11 Å². The molecule has 0 atom stereocenters. The van der Waals surface area contributed by atoms with Crippen molar-refractivity contribution in [2.45, 2.75) is 6.85 Å². The number of hydrogen-bond donors (Lipinski definition) is 1. The monoisotopic (exact) mass is 119 g/mol. The fraction of sp³-hybridized carbons (Fsp3) is 0.250. The highest BCUT2D eigenvalue weighted by Crippen LogP contribution is 2.16. The van der Waals surface area contributed by atoms with Crippen LogP contribution in [0.5, 0.6) is 5.06 Å². The van der Waals surface area contributed by atoms with Gasteiger partial charge in [-0.05, 0) is 6.85 Å². The Morgan fingerprint density at radius 1 is 2.29 bits per heavy atom. The molecule has 0 aliphatic heterocycles. The zero-order valence-corrected chi connectivity index (χ0v) is 4.12. The van der Waals surface area contributed by atoms with Gasteiger partial charge in [0.1, 0.15) is 0 Å². The molecule has 0 aromatic carbocycles. The minimum absolute atomic E-state index is 0.194. The third-order valence-corrected chi connectivity index (χ3v) is 1.02. The number of aromatic hydroxyl groups is 1. The molecular formula is C4H5NOS. The summed E-state index contributed by atoms with van der Waals surface area (Å²) >= 11 is 0.616. The van der Waals surface area contributed by atoms with Crippen molar-refractivity contribution in [2.75, 3.05) is 0 Å². The first kappa shape index (κ1) is 1.74. The number of thiazole rings is 1. The Balaban J connectivity index is 3.08. The fourth-order valence-electron chi connectivity index (χ4n) is 0.236. The average Bonchev–Trinajstić information content (AvgIpc) is 2.11. The van der Waals surface area contributed by atoms with Gasteiger partial charge in [-0.25, -0.2) is 4.98 Å². The summed E-state index contributed by atoms with van der Waals surface area (Å²) in [6.07, 6.45) is -0.374. The molecular weight excluding hydrogens is 110 g/mol. The summed E-state index contributed by atoms with van der Waals surface area (Å²) in [7, 11) is 0. The molecule has 1 aromatic rings. The second-order valence-electron chi connectivity index (χ2n) is 0.936. The smallest absolute Gasteiger partial charge is 0.191 e. The van der Waals surface area contributed by atoms with Gasteiger partial charge < -0.3 is 5.11 Å². The molecule has 0 saturated carbocycles. The molecule has 1 rings (SSSR count). The van der Waals surface area contributed by atoms with Crippen LogP contribution in [0.15, 0.2) is 6.17 Å². The van der Waals surface area contributed by atoms with Crippen molar-refractivity contribution in [2.24, 2.45) is 0 Å². The number of nitrogens with zero attached hydrogens (tertiary/aromatic N) is 1. The number of hydrogen-bond acceptors (Lipinski definition) is 3. The summed E-state index contributed by atoms with van der Waals surface area (Å²) in [6.45, 7) is -2.32. The van der Waals surface area contributed by atoms with E-state index in [-0.39, 0.29) is 16.2 Å². The van der Waals surface area contributed by atoms with Crippen LogP contribution in [0.25, 0.3) is 0 Å². The van der Waals surface area contributed by atoms with Crippen molar-refractivity contribution < 1.29 is 10.6 Å². The maximum atomic E-state index is 8.82. The predicted octanol–water partition coefficient (Wildman–Crippen LogP) is 1.16. The van der Waals surface area contributed by atoms with Crippen molar-refractivity contribution >= 4 is 11.3 Å². The third kappa shape index (κ3) is 0.899. The summed E-state index contributed by atoms with van der Waals surface area (Å²) in [5.74, 6) is 0. The zero-order chi connectivity index (χ0) is 8.65. The third-order valence-electron chi connectivity index (χ3n) is 0.446. The van der Waals surface area contributed by atoms with Crippen molar-refractivity contribution in [3.63, 3.8) is 0 Å². The summed E-state index contributed by atoms with van der Waals surface area (Å²) in [5, 5.41) is 8.28. The summed E-state index contributed by atoms with van der Waals surface area (Å²) in [4.78, 5) is 3.35. The van der Waals surface area contributed by atoms with Crippen LogP contribution in [-0.2, 0) is 0 Å². The molecule has 2 nitrogen and oxygen atoms in total. The van der Waals surface area contributed by atoms with E-state index in [1.54, 1.807) is 0 Å². The summed E-state index contributed by atoms with van der Waals surface area (Å²) < 4.78 is 27.5. The molecule has 0 spiro atoms. The minimum atomic E-state index is -2.32. The van der Waals surface area contributed by atoms with E-state index in [4.69, 9.17) is 10.6 Å². The van der Waals surface area contributed by atoms with Crippen LogP contribution in [0.1, 0.15) is 10.5 Å². The van der Waals surface area contributed by atoms with Gasteiger partial charge in [-0.1, -0.05) is 11.3 Å². The highest BCUT2D eigenvalue weighted by Gasteiger charge is 1.88. The maximum absolute atomic E-state index is 8.82. The zero-order valence-electron chi connectivity index (χ0n) is 7.30. The second-order valence-corrected chi connectivity index (χ2v) is 1.91. The van der Waals surface area contributed by atoms with Crippen molar-refractivity contribution in [3.8, 4) is 5.06 Å². The summed E-state index contributed by atoms with van der Waals surface area (Å²) in [6, 6.07) is 0. The normalized spacial score (nSPS) is 19.4. The van der Waals surface area contributed by atoms with Crippen molar-refractivity contribution in [3.05, 3.63) is 11.2 Å². The molecule has 7 heavy (non-hydrogen) atoms. The lowest BCUT2D eigenvalue weighted by molar-refractivity contribution is 0.489. The van der Waals surface area contributed by atoms with Gasteiger partial charge in [-0.15, -0.1) is 0 Å². The number of aromatic nitrogens is 1. The molecule has 1 heterocycles. The van der Waals surface area contributed by atoms with E-state index in [2.05, 4.69) is 4.98 Å². The molecule has 0 aliphatic rings. The van der Waals surface area contributed by atoms with Crippen LogP contribution >= 0.6 is 11.3 Å². The SMILES string of the molecule is [2H]c1nc(C([2H])([2H])[2H])sc1O. The average molecular weight is 119 g/mol. The maximum Gasteiger partial charge on any atom is 0.191 e.